The Morgan fingerprint density at radius 2 is 2.04 bits per heavy atom. The van der Waals surface area contributed by atoms with E-state index in [9.17, 15) is 13.2 Å². The Bertz CT molecular complexity index is 853. The number of ether oxygens (including phenoxy) is 1. The molecular weight excluding hydrogens is 344 g/mol. The van der Waals surface area contributed by atoms with Crippen LogP contribution < -0.4 is 4.74 Å². The predicted octanol–water partition coefficient (Wildman–Crippen LogP) is 2.56. The zero-order valence-corrected chi connectivity index (χ0v) is 15.0. The van der Waals surface area contributed by atoms with Crippen LogP contribution in [-0.4, -0.2) is 42.9 Å². The summed E-state index contributed by atoms with van der Waals surface area (Å²) in [5.41, 5.74) is 0.489. The Morgan fingerprint density at radius 1 is 1.32 bits per heavy atom. The van der Waals surface area contributed by atoms with Crippen LogP contribution in [0.15, 0.2) is 47.5 Å². The van der Waals surface area contributed by atoms with E-state index in [4.69, 9.17) is 9.84 Å². The van der Waals surface area contributed by atoms with Crippen LogP contribution in [0.5, 0.6) is 5.75 Å². The van der Waals surface area contributed by atoms with Crippen molar-refractivity contribution < 1.29 is 23.1 Å². The van der Waals surface area contributed by atoms with E-state index in [1.54, 1.807) is 24.4 Å². The lowest BCUT2D eigenvalue weighted by molar-refractivity contribution is 0.0696. The maximum absolute atomic E-state index is 13.1. The molecule has 1 heterocycles. The van der Waals surface area contributed by atoms with Crippen molar-refractivity contribution in [1.29, 1.82) is 0 Å². The summed E-state index contributed by atoms with van der Waals surface area (Å²) in [6.45, 7) is 1.86. The maximum Gasteiger partial charge on any atom is 0.335 e. The average Bonchev–Trinajstić information content (AvgIpc) is 2.62. The Labute approximate surface area is 146 Å². The summed E-state index contributed by atoms with van der Waals surface area (Å²) in [4.78, 5) is 15.2. The monoisotopic (exact) mass is 364 g/mol. The number of aromatic carboxylic acids is 1. The molecule has 0 fully saturated rings. The lowest BCUT2D eigenvalue weighted by atomic mass is 10.1. The highest BCUT2D eigenvalue weighted by atomic mass is 32.2. The number of nitrogens with zero attached hydrogens (tertiary/aromatic N) is 2. The van der Waals surface area contributed by atoms with Crippen LogP contribution in [0.2, 0.25) is 0 Å². The fourth-order valence-corrected chi connectivity index (χ4v) is 4.14. The third-order valence-electron chi connectivity index (χ3n) is 3.92. The van der Waals surface area contributed by atoms with Gasteiger partial charge >= 0.3 is 5.97 Å². The molecule has 0 aliphatic carbocycles. The number of sulfonamides is 1. The summed E-state index contributed by atoms with van der Waals surface area (Å²) in [6, 6.07) is 8.57. The smallest absolute Gasteiger partial charge is 0.335 e. The summed E-state index contributed by atoms with van der Waals surface area (Å²) in [5.74, 6) is -1.12. The van der Waals surface area contributed by atoms with Gasteiger partial charge in [0, 0.05) is 13.2 Å². The fourth-order valence-electron chi connectivity index (χ4n) is 2.56. The summed E-state index contributed by atoms with van der Waals surface area (Å²) >= 11 is 0. The SMILES string of the molecule is CCC(c1ccccn1)N(C)S(=O)(=O)c1cc(C(=O)O)ccc1OC. The van der Waals surface area contributed by atoms with Crippen molar-refractivity contribution in [2.75, 3.05) is 14.2 Å². The first-order valence-corrected chi connectivity index (χ1v) is 9.07. The Morgan fingerprint density at radius 3 is 2.56 bits per heavy atom. The molecule has 0 amide bonds. The van der Waals surface area contributed by atoms with E-state index in [1.165, 1.54) is 30.6 Å². The van der Waals surface area contributed by atoms with Crippen LogP contribution in [0.1, 0.15) is 35.4 Å². The molecule has 0 aliphatic rings. The highest BCUT2D eigenvalue weighted by Gasteiger charge is 2.31. The highest BCUT2D eigenvalue weighted by Crippen LogP contribution is 2.32. The molecule has 0 bridgehead atoms. The number of pyridine rings is 1. The van der Waals surface area contributed by atoms with Crippen molar-refractivity contribution in [3.63, 3.8) is 0 Å². The van der Waals surface area contributed by atoms with E-state index in [2.05, 4.69) is 4.98 Å². The molecule has 25 heavy (non-hydrogen) atoms. The minimum atomic E-state index is -3.99. The zero-order chi connectivity index (χ0) is 18.6. The minimum Gasteiger partial charge on any atom is -0.495 e. The second-order valence-corrected chi connectivity index (χ2v) is 7.34. The van der Waals surface area contributed by atoms with Gasteiger partial charge in [-0.15, -0.1) is 0 Å². The Kier molecular flexibility index (Phi) is 5.76. The number of carboxylic acids is 1. The van der Waals surface area contributed by atoms with Gasteiger partial charge in [0.25, 0.3) is 0 Å². The third kappa shape index (κ3) is 3.80. The number of hydrogen-bond donors (Lipinski definition) is 1. The molecule has 134 valence electrons. The van der Waals surface area contributed by atoms with E-state index >= 15 is 0 Å². The highest BCUT2D eigenvalue weighted by molar-refractivity contribution is 7.89. The van der Waals surface area contributed by atoms with Crippen LogP contribution in [0.4, 0.5) is 0 Å². The number of carbonyl (C=O) groups is 1. The first-order valence-electron chi connectivity index (χ1n) is 7.63. The molecular formula is C17H20N2O5S. The van der Waals surface area contributed by atoms with Crippen LogP contribution in [0, 0.1) is 0 Å². The molecule has 1 N–H and O–H groups in total. The van der Waals surface area contributed by atoms with Gasteiger partial charge in [-0.25, -0.2) is 13.2 Å². The molecule has 8 heteroatoms. The topological polar surface area (TPSA) is 96.8 Å². The van der Waals surface area contributed by atoms with Gasteiger partial charge in [0.15, 0.2) is 0 Å². The summed E-state index contributed by atoms with van der Waals surface area (Å²) < 4.78 is 32.5. The molecule has 1 unspecified atom stereocenters. The summed E-state index contributed by atoms with van der Waals surface area (Å²) in [7, 11) is -1.20. The lowest BCUT2D eigenvalue weighted by Gasteiger charge is -2.27. The van der Waals surface area contributed by atoms with E-state index in [-0.39, 0.29) is 16.2 Å². The van der Waals surface area contributed by atoms with Crippen LogP contribution >= 0.6 is 0 Å². The fraction of sp³-hybridized carbons (Fsp3) is 0.294. The van der Waals surface area contributed by atoms with Gasteiger partial charge in [-0.1, -0.05) is 13.0 Å². The molecule has 7 nitrogen and oxygen atoms in total. The van der Waals surface area contributed by atoms with Crippen molar-refractivity contribution in [1.82, 2.24) is 9.29 Å². The standard InChI is InChI=1S/C17H20N2O5S/c1-4-14(13-7-5-6-10-18-13)19(2)25(22,23)16-11-12(17(20)21)8-9-15(16)24-3/h5-11,14H,4H2,1-3H3,(H,20,21). The molecule has 0 radical (unpaired) electrons. The zero-order valence-electron chi connectivity index (χ0n) is 14.2. The van der Waals surface area contributed by atoms with Crippen LogP contribution in [-0.2, 0) is 10.0 Å². The van der Waals surface area contributed by atoms with Crippen molar-refractivity contribution in [2.45, 2.75) is 24.3 Å². The van der Waals surface area contributed by atoms with Gasteiger partial charge in [-0.2, -0.15) is 4.31 Å². The average molecular weight is 364 g/mol. The molecule has 0 spiro atoms. The van der Waals surface area contributed by atoms with Gasteiger partial charge in [0.1, 0.15) is 10.6 Å². The third-order valence-corrected chi connectivity index (χ3v) is 5.81. The predicted molar refractivity (Wildman–Crippen MR) is 92.2 cm³/mol. The number of aromatic nitrogens is 1. The van der Waals surface area contributed by atoms with E-state index in [0.717, 1.165) is 6.07 Å². The first kappa shape index (κ1) is 18.9. The number of hydrogen-bond acceptors (Lipinski definition) is 5. The molecule has 0 aliphatic heterocycles. The van der Waals surface area contributed by atoms with Crippen LogP contribution in [0.25, 0.3) is 0 Å². The maximum atomic E-state index is 13.1. The summed E-state index contributed by atoms with van der Waals surface area (Å²) in [6.07, 6.45) is 2.11. The van der Waals surface area contributed by atoms with Crippen molar-refractivity contribution in [2.24, 2.45) is 0 Å². The van der Waals surface area contributed by atoms with Gasteiger partial charge in [0.2, 0.25) is 10.0 Å². The molecule has 2 rings (SSSR count). The number of carboxylic acid groups (broad SMARTS) is 1. The van der Waals surface area contributed by atoms with Crippen molar-refractivity contribution in [3.8, 4) is 5.75 Å². The molecule has 1 atom stereocenters. The van der Waals surface area contributed by atoms with Gasteiger partial charge in [-0.3, -0.25) is 4.98 Å². The molecule has 0 saturated carbocycles. The van der Waals surface area contributed by atoms with E-state index < -0.39 is 22.0 Å². The molecule has 2 aromatic rings. The van der Waals surface area contributed by atoms with Gasteiger partial charge in [0.05, 0.1) is 24.4 Å². The number of methoxy groups -OCH3 is 1. The Hall–Kier alpha value is -2.45. The van der Waals surface area contributed by atoms with Crippen LogP contribution in [0.3, 0.4) is 0 Å². The quantitative estimate of drug-likeness (QED) is 0.811. The minimum absolute atomic E-state index is 0.0905. The lowest BCUT2D eigenvalue weighted by Crippen LogP contribution is -2.32. The largest absolute Gasteiger partial charge is 0.495 e. The molecule has 1 aromatic heterocycles. The molecule has 0 saturated heterocycles. The number of rotatable bonds is 7. The van der Waals surface area contributed by atoms with Crippen molar-refractivity contribution in [3.05, 3.63) is 53.9 Å². The van der Waals surface area contributed by atoms with Gasteiger partial charge < -0.3 is 9.84 Å². The van der Waals surface area contributed by atoms with Gasteiger partial charge in [-0.05, 0) is 36.8 Å². The molecule has 1 aromatic carbocycles. The van der Waals surface area contributed by atoms with Crippen molar-refractivity contribution >= 4 is 16.0 Å². The second kappa shape index (κ2) is 7.62. The second-order valence-electron chi connectivity index (χ2n) is 5.37. The number of benzene rings is 1. The van der Waals surface area contributed by atoms with E-state index in [1.807, 2.05) is 6.92 Å². The summed E-state index contributed by atoms with van der Waals surface area (Å²) in [5, 5.41) is 9.15. The first-order chi connectivity index (χ1) is 11.8. The normalized spacial score (nSPS) is 12.8. The Balaban J connectivity index is 2.53. The van der Waals surface area contributed by atoms with E-state index in [0.29, 0.717) is 12.1 Å².